The van der Waals surface area contributed by atoms with Crippen molar-refractivity contribution in [2.24, 2.45) is 0 Å². The van der Waals surface area contributed by atoms with Crippen LogP contribution in [0.2, 0.25) is 15.1 Å². The number of anilines is 2. The first kappa shape index (κ1) is 14.9. The number of rotatable bonds is 2. The third kappa shape index (κ3) is 3.15. The third-order valence-electron chi connectivity index (χ3n) is 2.47. The number of benzene rings is 2. The summed E-state index contributed by atoms with van der Waals surface area (Å²) in [5.74, 6) is -1.28. The molecule has 0 aliphatic carbocycles. The van der Waals surface area contributed by atoms with Gasteiger partial charge >= 0.3 is 0 Å². The molecule has 0 saturated heterocycles. The molecule has 2 rings (SSSR count). The predicted octanol–water partition coefficient (Wildman–Crippen LogP) is 4.62. The molecule has 104 valence electrons. The lowest BCUT2D eigenvalue weighted by atomic mass is 10.1. The maximum Gasteiger partial charge on any atom is 0.257 e. The van der Waals surface area contributed by atoms with Crippen LogP contribution in [0.3, 0.4) is 0 Å². The Labute approximate surface area is 129 Å². The summed E-state index contributed by atoms with van der Waals surface area (Å²) in [5.41, 5.74) is 5.92. The van der Waals surface area contributed by atoms with Crippen LogP contribution >= 0.6 is 34.8 Å². The standard InChI is InChI=1S/C13H8Cl3FN2O/c14-6-1-2-11(10(17)3-6)19-13(20)8-4-7(18)5-9(15)12(8)16/h1-5H,18H2,(H,19,20). The fourth-order valence-corrected chi connectivity index (χ4v) is 2.14. The predicted molar refractivity (Wildman–Crippen MR) is 80.2 cm³/mol. The number of carbonyl (C=O) groups excluding carboxylic acids is 1. The van der Waals surface area contributed by atoms with Crippen molar-refractivity contribution in [2.45, 2.75) is 0 Å². The molecule has 0 aliphatic heterocycles. The highest BCUT2D eigenvalue weighted by Gasteiger charge is 2.16. The van der Waals surface area contributed by atoms with Crippen LogP contribution in [0.25, 0.3) is 0 Å². The molecule has 0 heterocycles. The lowest BCUT2D eigenvalue weighted by Gasteiger charge is -2.09. The number of halogens is 4. The zero-order valence-corrected chi connectivity index (χ0v) is 12.2. The largest absolute Gasteiger partial charge is 0.399 e. The fourth-order valence-electron chi connectivity index (χ4n) is 1.56. The molecule has 0 spiro atoms. The van der Waals surface area contributed by atoms with Gasteiger partial charge in [0.05, 0.1) is 21.3 Å². The Kier molecular flexibility index (Phi) is 4.38. The Hall–Kier alpha value is -1.49. The second kappa shape index (κ2) is 5.87. The molecule has 7 heteroatoms. The summed E-state index contributed by atoms with van der Waals surface area (Å²) in [6.07, 6.45) is 0. The van der Waals surface area contributed by atoms with Gasteiger partial charge in [-0.15, -0.1) is 0 Å². The molecule has 0 bridgehead atoms. The van der Waals surface area contributed by atoms with Crippen molar-refractivity contribution in [1.82, 2.24) is 0 Å². The number of nitrogens with one attached hydrogen (secondary N) is 1. The molecule has 2 aromatic rings. The van der Waals surface area contributed by atoms with Crippen LogP contribution in [0.15, 0.2) is 30.3 Å². The average molecular weight is 334 g/mol. The Morgan fingerprint density at radius 3 is 2.50 bits per heavy atom. The molecule has 0 unspecified atom stereocenters. The number of nitrogens with two attached hydrogens (primary N) is 1. The normalized spacial score (nSPS) is 10.4. The number of carbonyl (C=O) groups is 1. The summed E-state index contributed by atoms with van der Waals surface area (Å²) in [7, 11) is 0. The molecule has 3 N–H and O–H groups in total. The summed E-state index contributed by atoms with van der Waals surface area (Å²) in [5, 5.41) is 2.80. The maximum atomic E-state index is 13.6. The molecule has 0 saturated carbocycles. The van der Waals surface area contributed by atoms with Gasteiger partial charge in [0.25, 0.3) is 5.91 Å². The van der Waals surface area contributed by atoms with Gasteiger partial charge in [-0.1, -0.05) is 34.8 Å². The topological polar surface area (TPSA) is 55.1 Å². The van der Waals surface area contributed by atoms with E-state index in [1.54, 1.807) is 0 Å². The van der Waals surface area contributed by atoms with Gasteiger partial charge in [-0.2, -0.15) is 0 Å². The lowest BCUT2D eigenvalue weighted by molar-refractivity contribution is 0.102. The minimum Gasteiger partial charge on any atom is -0.399 e. The molecule has 0 fully saturated rings. The van der Waals surface area contributed by atoms with E-state index in [4.69, 9.17) is 40.5 Å². The van der Waals surface area contributed by atoms with E-state index in [1.807, 2.05) is 0 Å². The van der Waals surface area contributed by atoms with Crippen molar-refractivity contribution in [3.8, 4) is 0 Å². The van der Waals surface area contributed by atoms with Crippen molar-refractivity contribution in [3.05, 3.63) is 56.8 Å². The van der Waals surface area contributed by atoms with E-state index in [0.29, 0.717) is 0 Å². The molecule has 20 heavy (non-hydrogen) atoms. The van der Waals surface area contributed by atoms with Gasteiger partial charge in [0.1, 0.15) is 5.82 Å². The number of hydrogen-bond donors (Lipinski definition) is 2. The summed E-state index contributed by atoms with van der Waals surface area (Å²) < 4.78 is 13.6. The molecule has 0 radical (unpaired) electrons. The molecular weight excluding hydrogens is 326 g/mol. The van der Waals surface area contributed by atoms with Crippen molar-refractivity contribution < 1.29 is 9.18 Å². The van der Waals surface area contributed by atoms with Crippen molar-refractivity contribution in [3.63, 3.8) is 0 Å². The van der Waals surface area contributed by atoms with Gasteiger partial charge in [-0.05, 0) is 30.3 Å². The van der Waals surface area contributed by atoms with Gasteiger partial charge in [0, 0.05) is 10.7 Å². The highest BCUT2D eigenvalue weighted by molar-refractivity contribution is 6.44. The highest BCUT2D eigenvalue weighted by atomic mass is 35.5. The maximum absolute atomic E-state index is 13.6. The van der Waals surface area contributed by atoms with E-state index in [0.717, 1.165) is 6.07 Å². The van der Waals surface area contributed by atoms with E-state index < -0.39 is 11.7 Å². The van der Waals surface area contributed by atoms with Crippen LogP contribution in [0, 0.1) is 5.82 Å². The molecule has 1 amide bonds. The van der Waals surface area contributed by atoms with Gasteiger partial charge in [0.15, 0.2) is 0 Å². The van der Waals surface area contributed by atoms with Crippen molar-refractivity contribution in [2.75, 3.05) is 11.1 Å². The van der Waals surface area contributed by atoms with Gasteiger partial charge in [-0.25, -0.2) is 4.39 Å². The van der Waals surface area contributed by atoms with Crippen LogP contribution in [0.5, 0.6) is 0 Å². The van der Waals surface area contributed by atoms with E-state index in [1.165, 1.54) is 24.3 Å². The van der Waals surface area contributed by atoms with Gasteiger partial charge < -0.3 is 11.1 Å². The number of nitrogen functional groups attached to an aromatic ring is 1. The summed E-state index contributed by atoms with van der Waals surface area (Å²) in [6.45, 7) is 0. The molecular formula is C13H8Cl3FN2O. The lowest BCUT2D eigenvalue weighted by Crippen LogP contribution is -2.14. The zero-order valence-electron chi connectivity index (χ0n) is 9.88. The van der Waals surface area contributed by atoms with Crippen LogP contribution in [0.4, 0.5) is 15.8 Å². The number of amides is 1. The van der Waals surface area contributed by atoms with Crippen LogP contribution in [-0.2, 0) is 0 Å². The smallest absolute Gasteiger partial charge is 0.257 e. The van der Waals surface area contributed by atoms with Crippen LogP contribution < -0.4 is 11.1 Å². The Bertz CT molecular complexity index is 692. The monoisotopic (exact) mass is 332 g/mol. The molecule has 2 aromatic carbocycles. The van der Waals surface area contributed by atoms with Gasteiger partial charge in [-0.3, -0.25) is 4.79 Å². The Balaban J connectivity index is 2.33. The molecule has 0 aromatic heterocycles. The second-order valence-corrected chi connectivity index (χ2v) is 5.16. The first-order chi connectivity index (χ1) is 9.38. The van der Waals surface area contributed by atoms with Crippen molar-refractivity contribution in [1.29, 1.82) is 0 Å². The third-order valence-corrected chi connectivity index (χ3v) is 3.51. The summed E-state index contributed by atoms with van der Waals surface area (Å²) in [4.78, 5) is 12.1. The van der Waals surface area contributed by atoms with E-state index in [2.05, 4.69) is 5.32 Å². The van der Waals surface area contributed by atoms with E-state index in [-0.39, 0.29) is 32.0 Å². The van der Waals surface area contributed by atoms with Crippen LogP contribution in [0.1, 0.15) is 10.4 Å². The van der Waals surface area contributed by atoms with Gasteiger partial charge in [0.2, 0.25) is 0 Å². The highest BCUT2D eigenvalue weighted by Crippen LogP contribution is 2.29. The van der Waals surface area contributed by atoms with Crippen LogP contribution in [-0.4, -0.2) is 5.91 Å². The minimum atomic E-state index is -0.656. The molecule has 0 aliphatic rings. The minimum absolute atomic E-state index is 0.0194. The quantitative estimate of drug-likeness (QED) is 0.788. The summed E-state index contributed by atoms with van der Waals surface area (Å²) in [6, 6.07) is 6.66. The van der Waals surface area contributed by atoms with E-state index in [9.17, 15) is 9.18 Å². The zero-order chi connectivity index (χ0) is 14.9. The number of hydrogen-bond acceptors (Lipinski definition) is 2. The Morgan fingerprint density at radius 1 is 1.15 bits per heavy atom. The fraction of sp³-hybridized carbons (Fsp3) is 0. The second-order valence-electron chi connectivity index (χ2n) is 3.94. The Morgan fingerprint density at radius 2 is 1.85 bits per heavy atom. The average Bonchev–Trinajstić information content (AvgIpc) is 2.37. The molecule has 0 atom stereocenters. The molecule has 3 nitrogen and oxygen atoms in total. The van der Waals surface area contributed by atoms with Crippen molar-refractivity contribution >= 4 is 52.1 Å². The summed E-state index contributed by atoms with van der Waals surface area (Å²) >= 11 is 17.4. The van der Waals surface area contributed by atoms with E-state index >= 15 is 0 Å². The SMILES string of the molecule is Nc1cc(Cl)c(Cl)c(C(=O)Nc2ccc(Cl)cc2F)c1. The first-order valence-corrected chi connectivity index (χ1v) is 6.53. The first-order valence-electron chi connectivity index (χ1n) is 5.39.